The van der Waals surface area contributed by atoms with Crippen molar-refractivity contribution in [2.45, 2.75) is 74.2 Å². The van der Waals surface area contributed by atoms with E-state index >= 15 is 0 Å². The second-order valence-corrected chi connectivity index (χ2v) is 18.0. The Bertz CT molecular complexity index is 2530. The van der Waals surface area contributed by atoms with Gasteiger partial charge in [0.2, 0.25) is 17.4 Å². The van der Waals surface area contributed by atoms with Gasteiger partial charge in [0.1, 0.15) is 0 Å². The summed E-state index contributed by atoms with van der Waals surface area (Å²) in [5, 5.41) is 32.6. The van der Waals surface area contributed by atoms with E-state index in [1.807, 2.05) is 43.7 Å². The Hall–Kier alpha value is -5.38. The number of methoxy groups -OCH3 is 4. The number of carbonyl (C=O) groups is 2. The predicted octanol–water partition coefficient (Wildman–Crippen LogP) is 7.75. The minimum Gasteiger partial charge on any atom is -0.502 e. The van der Waals surface area contributed by atoms with Crippen molar-refractivity contribution in [1.29, 1.82) is 0 Å². The molecule has 4 aromatic carbocycles. The average molecular weight is 901 g/mol. The van der Waals surface area contributed by atoms with Gasteiger partial charge in [-0.05, 0) is 133 Å². The van der Waals surface area contributed by atoms with Gasteiger partial charge in [-0.15, -0.1) is 23.5 Å². The number of aryl methyl sites for hydroxylation is 2. The fourth-order valence-corrected chi connectivity index (χ4v) is 9.32. The molecule has 8 rings (SSSR count). The Labute approximate surface area is 375 Å². The summed E-state index contributed by atoms with van der Waals surface area (Å²) >= 11 is 2.78. The standard InChI is InChI=1S/C24H27NO5S.C19H21NO4S.C5H8O2/c1-12-9-15(12)24(28)25-17-7-5-13-10-19(29-2)22(27)23(30-3)21(13)14-6-8-20(31-4)18(26)11-16(14)17;1-23-15-8-10-4-6-13(20)12-9-14(21)16(25-3)7-5-11(12)17(10)19(24-2)18(15)22;1-3-2-4(3)5(6)7/h6,8,10-12,15,17,27H,5,7,9H2,1-4H3,(H,25,28);5,7-9,13,22H,4,6,20H2,1-3H3;3-4H,2H2,1H3,(H,6,7)/t12?,15?,17-;13-;/m00./s1. The molecule has 336 valence electrons. The predicted molar refractivity (Wildman–Crippen MR) is 246 cm³/mol. The van der Waals surface area contributed by atoms with Crippen LogP contribution >= 0.6 is 23.5 Å². The van der Waals surface area contributed by atoms with Gasteiger partial charge in [-0.25, -0.2) is 0 Å². The molecular formula is C48H56N2O11S2. The van der Waals surface area contributed by atoms with E-state index in [4.69, 9.17) is 29.8 Å². The first-order chi connectivity index (χ1) is 30.1. The SMILES string of the molecule is CC1CC1C(=O)O.COc1cc2c(c(OC)c1O)-c1ccc(SC)c(=O)cc1[C@@H](N)CC2.COc1cc2c(c(OC)c1O)-c1ccc(SC)c(=O)cc1[C@@H](NC(=O)C1CC1C)CC2. The number of nitrogens with two attached hydrogens (primary N) is 1. The Kier molecular flexibility index (Phi) is 14.9. The average Bonchev–Trinajstić information content (AvgIpc) is 4.20. The van der Waals surface area contributed by atoms with Gasteiger partial charge in [0.25, 0.3) is 0 Å². The molecule has 4 aromatic rings. The number of carboxylic acids is 1. The number of carbonyl (C=O) groups excluding carboxylic acids is 1. The normalized spacial score (nSPS) is 21.0. The molecule has 63 heavy (non-hydrogen) atoms. The van der Waals surface area contributed by atoms with Gasteiger partial charge in [-0.1, -0.05) is 26.0 Å². The van der Waals surface area contributed by atoms with E-state index in [2.05, 4.69) is 12.2 Å². The highest BCUT2D eigenvalue weighted by molar-refractivity contribution is 7.98. The Morgan fingerprint density at radius 3 is 1.52 bits per heavy atom. The van der Waals surface area contributed by atoms with Gasteiger partial charge in [-0.3, -0.25) is 19.2 Å². The number of fused-ring (bicyclic) bond motifs is 6. The van der Waals surface area contributed by atoms with Crippen LogP contribution in [0.3, 0.4) is 0 Å². The number of hydrogen-bond donors (Lipinski definition) is 5. The molecule has 13 nitrogen and oxygen atoms in total. The molecule has 4 unspecified atom stereocenters. The third-order valence-electron chi connectivity index (χ3n) is 12.3. The van der Waals surface area contributed by atoms with Crippen molar-refractivity contribution < 1.29 is 43.9 Å². The molecule has 2 fully saturated rings. The molecule has 0 aromatic heterocycles. The summed E-state index contributed by atoms with van der Waals surface area (Å²) in [7, 11) is 6.02. The summed E-state index contributed by atoms with van der Waals surface area (Å²) in [4.78, 5) is 49.3. The number of amides is 1. The molecule has 0 aliphatic heterocycles. The number of nitrogens with one attached hydrogen (secondary N) is 1. The van der Waals surface area contributed by atoms with Crippen LogP contribution in [-0.4, -0.2) is 68.1 Å². The first-order valence-electron chi connectivity index (χ1n) is 20.8. The van der Waals surface area contributed by atoms with Crippen LogP contribution in [0, 0.1) is 23.7 Å². The fourth-order valence-electron chi connectivity index (χ4n) is 8.39. The molecule has 2 saturated carbocycles. The molecule has 6 atom stereocenters. The highest BCUT2D eigenvalue weighted by Crippen LogP contribution is 2.51. The van der Waals surface area contributed by atoms with E-state index in [9.17, 15) is 29.4 Å². The van der Waals surface area contributed by atoms with E-state index in [1.54, 1.807) is 24.3 Å². The molecule has 6 N–H and O–H groups in total. The maximum atomic E-state index is 12.9. The minimum absolute atomic E-state index is 0.0139. The number of phenolic OH excluding ortho intramolecular Hbond substituents is 2. The maximum Gasteiger partial charge on any atom is 0.306 e. The van der Waals surface area contributed by atoms with Crippen LogP contribution in [0.4, 0.5) is 0 Å². The number of carboxylic acid groups (broad SMARTS) is 1. The van der Waals surface area contributed by atoms with Crippen molar-refractivity contribution in [3.05, 3.63) is 91.2 Å². The molecule has 4 aliphatic rings. The van der Waals surface area contributed by atoms with E-state index in [1.165, 1.54) is 52.0 Å². The van der Waals surface area contributed by atoms with E-state index < -0.39 is 5.97 Å². The van der Waals surface area contributed by atoms with Gasteiger partial charge in [0.15, 0.2) is 33.9 Å². The Balaban J connectivity index is 0.000000184. The zero-order valence-electron chi connectivity index (χ0n) is 36.8. The molecule has 4 aliphatic carbocycles. The van der Waals surface area contributed by atoms with Gasteiger partial charge in [-0.2, -0.15) is 0 Å². The first-order valence-corrected chi connectivity index (χ1v) is 23.2. The van der Waals surface area contributed by atoms with Crippen LogP contribution in [0.1, 0.15) is 73.9 Å². The highest BCUT2D eigenvalue weighted by Gasteiger charge is 2.41. The second kappa shape index (κ2) is 20.0. The number of aromatic hydroxyl groups is 2. The zero-order valence-corrected chi connectivity index (χ0v) is 38.5. The van der Waals surface area contributed by atoms with E-state index in [-0.39, 0.29) is 52.2 Å². The lowest BCUT2D eigenvalue weighted by Gasteiger charge is -2.19. The largest absolute Gasteiger partial charge is 0.502 e. The Morgan fingerprint density at radius 1 is 0.683 bits per heavy atom. The van der Waals surface area contributed by atoms with Crippen LogP contribution < -0.4 is 40.9 Å². The van der Waals surface area contributed by atoms with Crippen LogP contribution in [0.15, 0.2) is 67.9 Å². The van der Waals surface area contributed by atoms with Crippen molar-refractivity contribution >= 4 is 35.4 Å². The van der Waals surface area contributed by atoms with Crippen molar-refractivity contribution in [3.8, 4) is 56.8 Å². The first kappa shape index (κ1) is 47.1. The van der Waals surface area contributed by atoms with Crippen LogP contribution in [0.2, 0.25) is 0 Å². The van der Waals surface area contributed by atoms with Crippen LogP contribution in [-0.2, 0) is 22.4 Å². The lowest BCUT2D eigenvalue weighted by Crippen LogP contribution is -2.30. The number of benzene rings is 2. The van der Waals surface area contributed by atoms with Crippen molar-refractivity contribution in [3.63, 3.8) is 0 Å². The van der Waals surface area contributed by atoms with Crippen LogP contribution in [0.5, 0.6) is 34.5 Å². The molecule has 0 heterocycles. The van der Waals surface area contributed by atoms with Crippen molar-refractivity contribution in [2.75, 3.05) is 41.0 Å². The molecule has 0 saturated heterocycles. The smallest absolute Gasteiger partial charge is 0.306 e. The number of ether oxygens (including phenoxy) is 4. The lowest BCUT2D eigenvalue weighted by molar-refractivity contribution is -0.138. The monoisotopic (exact) mass is 900 g/mol. The fraction of sp³-hybridized carbons (Fsp3) is 0.417. The molecule has 0 bridgehead atoms. The summed E-state index contributed by atoms with van der Waals surface area (Å²) in [5.41, 5.74) is 12.7. The van der Waals surface area contributed by atoms with Crippen molar-refractivity contribution in [2.24, 2.45) is 29.4 Å². The van der Waals surface area contributed by atoms with Gasteiger partial charge < -0.3 is 45.3 Å². The summed E-state index contributed by atoms with van der Waals surface area (Å²) in [5.74, 6) is 1.48. The van der Waals surface area contributed by atoms with Gasteiger partial charge in [0, 0.05) is 23.1 Å². The van der Waals surface area contributed by atoms with E-state index in [0.29, 0.717) is 70.3 Å². The molecule has 1 amide bonds. The highest BCUT2D eigenvalue weighted by atomic mass is 32.2. The second-order valence-electron chi connectivity index (χ2n) is 16.3. The number of rotatable bonds is 9. The topological polar surface area (TPSA) is 204 Å². The summed E-state index contributed by atoms with van der Waals surface area (Å²) in [6.07, 6.45) is 8.16. The third-order valence-corrected chi connectivity index (χ3v) is 13.9. The number of phenols is 2. The quantitative estimate of drug-likeness (QED) is 0.102. The zero-order chi connectivity index (χ0) is 45.9. The van der Waals surface area contributed by atoms with Crippen LogP contribution in [0.25, 0.3) is 22.3 Å². The van der Waals surface area contributed by atoms with E-state index in [0.717, 1.165) is 57.3 Å². The third kappa shape index (κ3) is 9.90. The van der Waals surface area contributed by atoms with Crippen molar-refractivity contribution in [1.82, 2.24) is 5.32 Å². The Morgan fingerprint density at radius 2 is 1.13 bits per heavy atom. The maximum absolute atomic E-state index is 12.9. The summed E-state index contributed by atoms with van der Waals surface area (Å²) in [6.45, 7) is 4.03. The molecule has 15 heteroatoms. The summed E-state index contributed by atoms with van der Waals surface area (Å²) in [6, 6.07) is 13.7. The lowest BCUT2D eigenvalue weighted by atomic mass is 9.95. The number of hydrogen-bond acceptors (Lipinski definition) is 13. The molecule has 0 spiro atoms. The number of aliphatic carboxylic acids is 1. The number of thioether (sulfide) groups is 2. The molecule has 0 radical (unpaired) electrons. The van der Waals surface area contributed by atoms with Gasteiger partial charge >= 0.3 is 5.97 Å². The summed E-state index contributed by atoms with van der Waals surface area (Å²) < 4.78 is 21.7. The minimum atomic E-state index is -0.632. The molecular weight excluding hydrogens is 845 g/mol. The van der Waals surface area contributed by atoms with Gasteiger partial charge in [0.05, 0.1) is 50.2 Å².